The Balaban J connectivity index is 1.55. The third-order valence-electron chi connectivity index (χ3n) is 4.44. The Morgan fingerprint density at radius 1 is 1.04 bits per heavy atom. The van der Waals surface area contributed by atoms with Crippen molar-refractivity contribution in [3.05, 3.63) is 66.4 Å². The van der Waals surface area contributed by atoms with Crippen LogP contribution in [0.2, 0.25) is 0 Å². The van der Waals surface area contributed by atoms with Gasteiger partial charge in [-0.1, -0.05) is 36.4 Å². The predicted octanol–water partition coefficient (Wildman–Crippen LogP) is 2.74. The monoisotopic (exact) mass is 398 g/mol. The maximum atomic E-state index is 12.4. The molecule has 3 N–H and O–H groups in total. The van der Waals surface area contributed by atoms with E-state index in [0.29, 0.717) is 23.9 Å². The fraction of sp³-hybridized carbons (Fsp3) is 0.286. The number of aliphatic imine (C=N–C) groups is 1. The summed E-state index contributed by atoms with van der Waals surface area (Å²) in [6.07, 6.45) is 2.87. The molecule has 1 heterocycles. The average molecular weight is 399 g/mol. The zero-order valence-electron chi connectivity index (χ0n) is 16.0. The minimum absolute atomic E-state index is 0.0178. The second-order valence-electron chi connectivity index (χ2n) is 6.43. The Labute approximate surface area is 166 Å². The molecule has 0 atom stereocenters. The third-order valence-corrected chi connectivity index (χ3v) is 6.15. The summed E-state index contributed by atoms with van der Waals surface area (Å²) < 4.78 is 24.7. The van der Waals surface area contributed by atoms with E-state index in [1.807, 2.05) is 25.3 Å². The molecule has 6 nitrogen and oxygen atoms in total. The number of benzene rings is 2. The largest absolute Gasteiger partial charge is 0.361 e. The Hall–Kier alpha value is -2.80. The quantitative estimate of drug-likeness (QED) is 0.402. The lowest BCUT2D eigenvalue weighted by Crippen LogP contribution is -2.38. The van der Waals surface area contributed by atoms with E-state index in [2.05, 4.69) is 32.7 Å². The number of aromatic amines is 1. The molecule has 0 unspecified atom stereocenters. The lowest BCUT2D eigenvalue weighted by molar-refractivity contribution is 0.596. The van der Waals surface area contributed by atoms with Gasteiger partial charge < -0.3 is 15.6 Å². The maximum absolute atomic E-state index is 12.4. The molecular weight excluding hydrogens is 372 g/mol. The Kier molecular flexibility index (Phi) is 6.71. The predicted molar refractivity (Wildman–Crippen MR) is 114 cm³/mol. The minimum atomic E-state index is -3.32. The molecule has 3 aromatic rings. The van der Waals surface area contributed by atoms with Gasteiger partial charge in [0.25, 0.3) is 0 Å². The van der Waals surface area contributed by atoms with E-state index in [0.717, 1.165) is 11.9 Å². The lowest BCUT2D eigenvalue weighted by Gasteiger charge is -2.11. The second kappa shape index (κ2) is 9.41. The highest BCUT2D eigenvalue weighted by Crippen LogP contribution is 2.17. The maximum Gasteiger partial charge on any atom is 0.191 e. The molecule has 0 radical (unpaired) electrons. The van der Waals surface area contributed by atoms with Crippen LogP contribution in [-0.2, 0) is 16.3 Å². The zero-order valence-corrected chi connectivity index (χ0v) is 16.8. The van der Waals surface area contributed by atoms with Crippen LogP contribution in [0, 0.1) is 0 Å². The van der Waals surface area contributed by atoms with Crippen molar-refractivity contribution in [2.24, 2.45) is 4.99 Å². The van der Waals surface area contributed by atoms with Crippen molar-refractivity contribution in [3.8, 4) is 0 Å². The standard InChI is InChI=1S/C21H26N4O2S/c1-2-22-21(24-14-15-28(26,27)18-8-4-3-5-9-18)23-13-12-17-16-25-20-11-7-6-10-19(17)20/h3-11,16,25H,2,12-15H2,1H3,(H2,22,23,24). The molecule has 0 spiro atoms. The molecular formula is C21H26N4O2S. The number of nitrogens with zero attached hydrogens (tertiary/aromatic N) is 1. The van der Waals surface area contributed by atoms with Crippen molar-refractivity contribution in [2.45, 2.75) is 18.2 Å². The zero-order chi connectivity index (χ0) is 19.8. The topological polar surface area (TPSA) is 86.3 Å². The van der Waals surface area contributed by atoms with Crippen LogP contribution >= 0.6 is 0 Å². The molecule has 0 amide bonds. The first kappa shape index (κ1) is 19.9. The van der Waals surface area contributed by atoms with Crippen LogP contribution in [0.15, 0.2) is 70.7 Å². The molecule has 0 aliphatic heterocycles. The summed E-state index contributed by atoms with van der Waals surface area (Å²) >= 11 is 0. The van der Waals surface area contributed by atoms with E-state index in [9.17, 15) is 8.42 Å². The van der Waals surface area contributed by atoms with Crippen LogP contribution in [0.4, 0.5) is 0 Å². The highest BCUT2D eigenvalue weighted by Gasteiger charge is 2.13. The Bertz CT molecular complexity index is 1030. The number of hydrogen-bond acceptors (Lipinski definition) is 3. The smallest absolute Gasteiger partial charge is 0.191 e. The average Bonchev–Trinajstić information content (AvgIpc) is 3.12. The first-order chi connectivity index (χ1) is 13.6. The summed E-state index contributed by atoms with van der Waals surface area (Å²) in [6, 6.07) is 16.7. The molecule has 0 saturated heterocycles. The number of aromatic nitrogens is 1. The summed E-state index contributed by atoms with van der Waals surface area (Å²) in [6.45, 7) is 3.61. The summed E-state index contributed by atoms with van der Waals surface area (Å²) in [4.78, 5) is 8.03. The number of rotatable bonds is 8. The Morgan fingerprint density at radius 3 is 2.57 bits per heavy atom. The summed E-state index contributed by atoms with van der Waals surface area (Å²) in [5.74, 6) is 0.612. The second-order valence-corrected chi connectivity index (χ2v) is 8.54. The fourth-order valence-electron chi connectivity index (χ4n) is 3.02. The summed E-state index contributed by atoms with van der Waals surface area (Å²) in [7, 11) is -3.32. The molecule has 0 aliphatic rings. The van der Waals surface area contributed by atoms with Crippen LogP contribution in [-0.4, -0.2) is 44.7 Å². The number of H-pyrrole nitrogens is 1. The van der Waals surface area contributed by atoms with Gasteiger partial charge in [0.1, 0.15) is 0 Å². The minimum Gasteiger partial charge on any atom is -0.361 e. The van der Waals surface area contributed by atoms with Gasteiger partial charge in [0, 0.05) is 30.2 Å². The van der Waals surface area contributed by atoms with Crippen molar-refractivity contribution in [3.63, 3.8) is 0 Å². The number of hydrogen-bond donors (Lipinski definition) is 3. The van der Waals surface area contributed by atoms with Crippen molar-refractivity contribution in [2.75, 3.05) is 25.4 Å². The number of nitrogens with one attached hydrogen (secondary N) is 3. The van der Waals surface area contributed by atoms with Crippen LogP contribution in [0.1, 0.15) is 12.5 Å². The van der Waals surface area contributed by atoms with Crippen molar-refractivity contribution in [1.29, 1.82) is 0 Å². The highest BCUT2D eigenvalue weighted by molar-refractivity contribution is 7.91. The van der Waals surface area contributed by atoms with Crippen LogP contribution in [0.5, 0.6) is 0 Å². The molecule has 148 valence electrons. The van der Waals surface area contributed by atoms with Gasteiger partial charge in [-0.3, -0.25) is 4.99 Å². The molecule has 0 saturated carbocycles. The van der Waals surface area contributed by atoms with Crippen molar-refractivity contribution in [1.82, 2.24) is 15.6 Å². The first-order valence-corrected chi connectivity index (χ1v) is 11.1. The first-order valence-electron chi connectivity index (χ1n) is 9.45. The van der Waals surface area contributed by atoms with Gasteiger partial charge in [0.2, 0.25) is 0 Å². The van der Waals surface area contributed by atoms with E-state index in [1.165, 1.54) is 10.9 Å². The van der Waals surface area contributed by atoms with E-state index in [-0.39, 0.29) is 12.3 Å². The molecule has 3 rings (SSSR count). The number of fused-ring (bicyclic) bond motifs is 1. The fourth-order valence-corrected chi connectivity index (χ4v) is 4.16. The van der Waals surface area contributed by atoms with Gasteiger partial charge in [-0.2, -0.15) is 0 Å². The molecule has 1 aromatic heterocycles. The van der Waals surface area contributed by atoms with Gasteiger partial charge in [-0.05, 0) is 37.1 Å². The number of sulfone groups is 1. The lowest BCUT2D eigenvalue weighted by atomic mass is 10.1. The molecule has 0 bridgehead atoms. The van der Waals surface area contributed by atoms with Gasteiger partial charge in [0.05, 0.1) is 17.2 Å². The Morgan fingerprint density at radius 2 is 1.79 bits per heavy atom. The van der Waals surface area contributed by atoms with Crippen LogP contribution < -0.4 is 10.6 Å². The van der Waals surface area contributed by atoms with Gasteiger partial charge >= 0.3 is 0 Å². The summed E-state index contributed by atoms with van der Waals surface area (Å²) in [5.41, 5.74) is 2.37. The van der Waals surface area contributed by atoms with Gasteiger partial charge in [-0.25, -0.2) is 8.42 Å². The normalized spacial score (nSPS) is 12.2. The van der Waals surface area contributed by atoms with Crippen LogP contribution in [0.3, 0.4) is 0 Å². The molecule has 2 aromatic carbocycles. The molecule has 28 heavy (non-hydrogen) atoms. The number of guanidine groups is 1. The highest BCUT2D eigenvalue weighted by atomic mass is 32.2. The van der Waals surface area contributed by atoms with Crippen LogP contribution in [0.25, 0.3) is 10.9 Å². The van der Waals surface area contributed by atoms with E-state index in [4.69, 9.17) is 0 Å². The number of para-hydroxylation sites is 1. The van der Waals surface area contributed by atoms with E-state index < -0.39 is 9.84 Å². The molecule has 7 heteroatoms. The molecule has 0 fully saturated rings. The van der Waals surface area contributed by atoms with Gasteiger partial charge in [-0.15, -0.1) is 0 Å². The van der Waals surface area contributed by atoms with Crippen molar-refractivity contribution >= 4 is 26.7 Å². The van der Waals surface area contributed by atoms with Crippen molar-refractivity contribution < 1.29 is 8.42 Å². The summed E-state index contributed by atoms with van der Waals surface area (Å²) in [5, 5.41) is 7.66. The van der Waals surface area contributed by atoms with Gasteiger partial charge in [0.15, 0.2) is 15.8 Å². The SMILES string of the molecule is CCNC(=NCCS(=O)(=O)c1ccccc1)NCCc1c[nH]c2ccccc12. The van der Waals surface area contributed by atoms with E-state index >= 15 is 0 Å². The van der Waals surface area contributed by atoms with E-state index in [1.54, 1.807) is 30.3 Å². The molecule has 0 aliphatic carbocycles. The third kappa shape index (κ3) is 5.13.